The largest absolute Gasteiger partial charge is 0.508 e. The van der Waals surface area contributed by atoms with Crippen LogP contribution in [0.3, 0.4) is 0 Å². The number of phenolic OH excluding ortho intramolecular Hbond substituents is 1. The van der Waals surface area contributed by atoms with Crippen molar-refractivity contribution in [1.29, 1.82) is 0 Å². The summed E-state index contributed by atoms with van der Waals surface area (Å²) in [5.41, 5.74) is -0.947. The van der Waals surface area contributed by atoms with E-state index in [-0.39, 0.29) is 11.3 Å². The molecule has 0 spiro atoms. The lowest BCUT2D eigenvalue weighted by atomic mass is 9.71. The molecule has 0 fully saturated rings. The van der Waals surface area contributed by atoms with Gasteiger partial charge in [-0.05, 0) is 24.6 Å². The van der Waals surface area contributed by atoms with Crippen molar-refractivity contribution >= 4 is 5.78 Å². The minimum Gasteiger partial charge on any atom is -0.508 e. The zero-order chi connectivity index (χ0) is 12.1. The molecule has 86 valence electrons. The number of fused-ring (bicyclic) bond motifs is 1. The monoisotopic (exact) mass is 222 g/mol. The highest BCUT2D eigenvalue weighted by molar-refractivity contribution is 6.05. The Bertz CT molecular complexity index is 450. The van der Waals surface area contributed by atoms with E-state index in [0.29, 0.717) is 5.56 Å². The number of benzene rings is 1. The Morgan fingerprint density at radius 2 is 2.00 bits per heavy atom. The Morgan fingerprint density at radius 3 is 2.62 bits per heavy atom. The number of aliphatic hydroxyl groups is 2. The lowest BCUT2D eigenvalue weighted by Crippen LogP contribution is -2.48. The normalized spacial score (nSPS) is 33.6. The molecule has 3 N–H and O–H groups in total. The van der Waals surface area contributed by atoms with Gasteiger partial charge in [0.25, 0.3) is 0 Å². The fourth-order valence-corrected chi connectivity index (χ4v) is 2.05. The van der Waals surface area contributed by atoms with Crippen molar-refractivity contribution in [2.45, 2.75) is 25.6 Å². The van der Waals surface area contributed by atoms with E-state index < -0.39 is 23.4 Å². The summed E-state index contributed by atoms with van der Waals surface area (Å²) in [6, 6.07) is 4.21. The van der Waals surface area contributed by atoms with Crippen molar-refractivity contribution in [3.05, 3.63) is 29.3 Å². The Balaban J connectivity index is 2.65. The van der Waals surface area contributed by atoms with E-state index in [1.165, 1.54) is 25.1 Å². The molecule has 1 aliphatic rings. The standard InChI is InChI=1S/C12H14O4/c1-6-10(14)8-4-3-7(13)5-9(8)11(15)12(6,2)16/h3-6,10,13-14,16H,1-2H3/t6-,10+,12+/m1/s1. The van der Waals surface area contributed by atoms with Crippen LogP contribution in [0.1, 0.15) is 35.9 Å². The first kappa shape index (κ1) is 11.1. The lowest BCUT2D eigenvalue weighted by molar-refractivity contribution is -0.0403. The summed E-state index contributed by atoms with van der Waals surface area (Å²) < 4.78 is 0. The molecule has 1 aromatic carbocycles. The summed E-state index contributed by atoms with van der Waals surface area (Å²) in [4.78, 5) is 12.0. The summed E-state index contributed by atoms with van der Waals surface area (Å²) in [5.74, 6) is -1.09. The number of hydrogen-bond donors (Lipinski definition) is 3. The molecular weight excluding hydrogens is 208 g/mol. The van der Waals surface area contributed by atoms with Crippen molar-refractivity contribution in [3.63, 3.8) is 0 Å². The number of aliphatic hydroxyl groups excluding tert-OH is 1. The van der Waals surface area contributed by atoms with Crippen LogP contribution in [-0.4, -0.2) is 26.7 Å². The molecular formula is C12H14O4. The van der Waals surface area contributed by atoms with Gasteiger partial charge in [0.15, 0.2) is 5.78 Å². The number of carbonyl (C=O) groups is 1. The van der Waals surface area contributed by atoms with Gasteiger partial charge in [0.1, 0.15) is 11.4 Å². The summed E-state index contributed by atoms with van der Waals surface area (Å²) in [6.45, 7) is 3.01. The molecule has 1 aromatic rings. The van der Waals surface area contributed by atoms with Gasteiger partial charge in [0.2, 0.25) is 0 Å². The number of phenols is 1. The Kier molecular flexibility index (Phi) is 2.29. The van der Waals surface area contributed by atoms with E-state index in [1.54, 1.807) is 6.92 Å². The second kappa shape index (κ2) is 3.30. The second-order valence-electron chi connectivity index (χ2n) is 4.48. The molecule has 0 bridgehead atoms. The minimum atomic E-state index is -1.60. The van der Waals surface area contributed by atoms with Crippen LogP contribution in [0, 0.1) is 5.92 Å². The summed E-state index contributed by atoms with van der Waals surface area (Å²) >= 11 is 0. The van der Waals surface area contributed by atoms with Gasteiger partial charge in [0, 0.05) is 11.5 Å². The van der Waals surface area contributed by atoms with E-state index in [2.05, 4.69) is 0 Å². The van der Waals surface area contributed by atoms with Gasteiger partial charge in [-0.2, -0.15) is 0 Å². The third kappa shape index (κ3) is 1.34. The summed E-state index contributed by atoms with van der Waals surface area (Å²) in [5, 5.41) is 29.3. The zero-order valence-electron chi connectivity index (χ0n) is 9.14. The Morgan fingerprint density at radius 1 is 1.38 bits per heavy atom. The predicted molar refractivity (Wildman–Crippen MR) is 57.2 cm³/mol. The number of ketones is 1. The van der Waals surface area contributed by atoms with Crippen LogP contribution >= 0.6 is 0 Å². The topological polar surface area (TPSA) is 77.8 Å². The quantitative estimate of drug-likeness (QED) is 0.612. The maximum atomic E-state index is 12.0. The van der Waals surface area contributed by atoms with E-state index in [0.717, 1.165) is 0 Å². The van der Waals surface area contributed by atoms with Crippen LogP contribution in [0.4, 0.5) is 0 Å². The Labute approximate surface area is 93.2 Å². The van der Waals surface area contributed by atoms with Gasteiger partial charge >= 0.3 is 0 Å². The molecule has 0 heterocycles. The van der Waals surface area contributed by atoms with E-state index in [4.69, 9.17) is 0 Å². The first-order chi connectivity index (χ1) is 7.35. The molecule has 16 heavy (non-hydrogen) atoms. The highest BCUT2D eigenvalue weighted by Gasteiger charge is 2.46. The van der Waals surface area contributed by atoms with Crippen molar-refractivity contribution in [2.24, 2.45) is 5.92 Å². The maximum Gasteiger partial charge on any atom is 0.194 e. The molecule has 2 rings (SSSR count). The van der Waals surface area contributed by atoms with Crippen LogP contribution < -0.4 is 0 Å². The van der Waals surface area contributed by atoms with E-state index in [1.807, 2.05) is 0 Å². The third-order valence-electron chi connectivity index (χ3n) is 3.42. The van der Waals surface area contributed by atoms with Gasteiger partial charge in [-0.25, -0.2) is 0 Å². The molecule has 0 amide bonds. The van der Waals surface area contributed by atoms with Crippen molar-refractivity contribution in [1.82, 2.24) is 0 Å². The van der Waals surface area contributed by atoms with Crippen LogP contribution in [0.2, 0.25) is 0 Å². The average Bonchev–Trinajstić information content (AvgIpc) is 2.24. The lowest BCUT2D eigenvalue weighted by Gasteiger charge is -2.38. The molecule has 0 aliphatic heterocycles. The van der Waals surface area contributed by atoms with Crippen molar-refractivity contribution in [2.75, 3.05) is 0 Å². The number of hydrogen-bond acceptors (Lipinski definition) is 4. The number of rotatable bonds is 0. The molecule has 1 aliphatic carbocycles. The minimum absolute atomic E-state index is 0.0512. The molecule has 4 heteroatoms. The molecule has 0 aromatic heterocycles. The fourth-order valence-electron chi connectivity index (χ4n) is 2.05. The van der Waals surface area contributed by atoms with Gasteiger partial charge in [-0.1, -0.05) is 13.0 Å². The van der Waals surface area contributed by atoms with Gasteiger partial charge in [0.05, 0.1) is 6.10 Å². The van der Waals surface area contributed by atoms with Crippen molar-refractivity contribution in [3.8, 4) is 5.75 Å². The smallest absolute Gasteiger partial charge is 0.194 e. The maximum absolute atomic E-state index is 12.0. The first-order valence-corrected chi connectivity index (χ1v) is 5.14. The molecule has 0 radical (unpaired) electrons. The van der Waals surface area contributed by atoms with E-state index >= 15 is 0 Å². The highest BCUT2D eigenvalue weighted by atomic mass is 16.3. The van der Waals surface area contributed by atoms with Gasteiger partial charge in [-0.3, -0.25) is 4.79 Å². The number of Topliss-reactive ketones (excluding diaryl/α,β-unsaturated/α-hetero) is 1. The molecule has 0 saturated heterocycles. The van der Waals surface area contributed by atoms with Gasteiger partial charge < -0.3 is 15.3 Å². The summed E-state index contributed by atoms with van der Waals surface area (Å²) in [6.07, 6.45) is -0.900. The predicted octanol–water partition coefficient (Wildman–Crippen LogP) is 1.01. The average molecular weight is 222 g/mol. The number of aromatic hydroxyl groups is 1. The highest BCUT2D eigenvalue weighted by Crippen LogP contribution is 2.40. The first-order valence-electron chi connectivity index (χ1n) is 5.14. The van der Waals surface area contributed by atoms with Crippen molar-refractivity contribution < 1.29 is 20.1 Å². The molecule has 3 atom stereocenters. The van der Waals surface area contributed by atoms with Gasteiger partial charge in [-0.15, -0.1) is 0 Å². The van der Waals surface area contributed by atoms with Crippen LogP contribution in [-0.2, 0) is 0 Å². The summed E-state index contributed by atoms with van der Waals surface area (Å²) in [7, 11) is 0. The zero-order valence-corrected chi connectivity index (χ0v) is 9.14. The molecule has 0 unspecified atom stereocenters. The van der Waals surface area contributed by atoms with Crippen LogP contribution in [0.25, 0.3) is 0 Å². The van der Waals surface area contributed by atoms with E-state index in [9.17, 15) is 20.1 Å². The fraction of sp³-hybridized carbons (Fsp3) is 0.417. The number of carbonyl (C=O) groups excluding carboxylic acids is 1. The van der Waals surface area contributed by atoms with Crippen LogP contribution in [0.5, 0.6) is 5.75 Å². The molecule has 0 saturated carbocycles. The Hall–Kier alpha value is -1.39. The third-order valence-corrected chi connectivity index (χ3v) is 3.42. The molecule has 4 nitrogen and oxygen atoms in total. The SMILES string of the molecule is C[C@@H]1[C@H](O)c2ccc(O)cc2C(=O)[C@@]1(C)O. The van der Waals surface area contributed by atoms with Crippen LogP contribution in [0.15, 0.2) is 18.2 Å². The second-order valence-corrected chi connectivity index (χ2v) is 4.48.